The van der Waals surface area contributed by atoms with Crippen molar-refractivity contribution in [3.05, 3.63) is 65.2 Å². The van der Waals surface area contributed by atoms with Gasteiger partial charge in [0, 0.05) is 24.7 Å². The van der Waals surface area contributed by atoms with Gasteiger partial charge in [-0.3, -0.25) is 4.79 Å². The molecule has 30 heavy (non-hydrogen) atoms. The summed E-state index contributed by atoms with van der Waals surface area (Å²) in [4.78, 5) is 26.6. The lowest BCUT2D eigenvalue weighted by Gasteiger charge is -2.46. The summed E-state index contributed by atoms with van der Waals surface area (Å²) in [7, 11) is 1.80. The number of likely N-dealkylation sites (N-methyl/N-ethyl adjacent to an activating group) is 1. The Morgan fingerprint density at radius 3 is 2.37 bits per heavy atom. The number of anilines is 1. The van der Waals surface area contributed by atoms with Crippen molar-refractivity contribution in [1.82, 2.24) is 10.2 Å². The fourth-order valence-corrected chi connectivity index (χ4v) is 4.50. The summed E-state index contributed by atoms with van der Waals surface area (Å²) in [5.74, 6) is -0.234. The van der Waals surface area contributed by atoms with Crippen molar-refractivity contribution >= 4 is 17.7 Å². The van der Waals surface area contributed by atoms with Gasteiger partial charge in [0.25, 0.3) is 0 Å². The number of likely N-dealkylation sites (tertiary alicyclic amines) is 1. The highest BCUT2D eigenvalue weighted by molar-refractivity contribution is 5.99. The topological polar surface area (TPSA) is 81.7 Å². The number of carbonyl (C=O) groups is 2. The number of rotatable bonds is 6. The van der Waals surface area contributed by atoms with E-state index >= 15 is 0 Å². The average molecular weight is 410 g/mol. The summed E-state index contributed by atoms with van der Waals surface area (Å²) < 4.78 is 0. The highest BCUT2D eigenvalue weighted by Gasteiger charge is 2.48. The van der Waals surface area contributed by atoms with Gasteiger partial charge in [-0.25, -0.2) is 4.79 Å². The second-order valence-corrected chi connectivity index (χ2v) is 8.14. The summed E-state index contributed by atoms with van der Waals surface area (Å²) in [6.45, 7) is 4.63. The van der Waals surface area contributed by atoms with E-state index in [1.165, 1.54) is 10.5 Å². The van der Waals surface area contributed by atoms with Gasteiger partial charge in [-0.05, 0) is 56.8 Å². The molecule has 0 aromatic heterocycles. The van der Waals surface area contributed by atoms with Crippen LogP contribution in [0, 0.1) is 19.8 Å². The predicted molar refractivity (Wildman–Crippen MR) is 119 cm³/mol. The van der Waals surface area contributed by atoms with E-state index in [1.54, 1.807) is 7.05 Å². The minimum absolute atomic E-state index is 0.0921. The van der Waals surface area contributed by atoms with Gasteiger partial charge < -0.3 is 20.6 Å². The van der Waals surface area contributed by atoms with E-state index in [0.29, 0.717) is 19.5 Å². The first-order valence-electron chi connectivity index (χ1n) is 10.5. The van der Waals surface area contributed by atoms with E-state index in [1.807, 2.05) is 50.2 Å². The molecule has 3 N–H and O–H groups in total. The molecule has 2 aromatic carbocycles. The Balaban J connectivity index is 1.87. The number of nitrogens with zero attached hydrogens (tertiary/aromatic N) is 1. The molecule has 2 amide bonds. The van der Waals surface area contributed by atoms with E-state index in [-0.39, 0.29) is 11.8 Å². The molecule has 2 unspecified atom stereocenters. The lowest BCUT2D eigenvalue weighted by Crippen LogP contribution is -2.65. The Morgan fingerprint density at radius 1 is 1.10 bits per heavy atom. The number of piperidine rings is 1. The van der Waals surface area contributed by atoms with Crippen molar-refractivity contribution in [1.29, 1.82) is 0 Å². The van der Waals surface area contributed by atoms with E-state index in [4.69, 9.17) is 0 Å². The molecule has 160 valence electrons. The third kappa shape index (κ3) is 4.49. The maximum Gasteiger partial charge on any atom is 0.407 e. The molecule has 0 saturated carbocycles. The highest BCUT2D eigenvalue weighted by atomic mass is 16.4. The number of para-hydroxylation sites is 1. The molecule has 1 fully saturated rings. The van der Waals surface area contributed by atoms with Gasteiger partial charge in [0.1, 0.15) is 5.54 Å². The van der Waals surface area contributed by atoms with Gasteiger partial charge in [-0.2, -0.15) is 0 Å². The zero-order chi connectivity index (χ0) is 21.7. The Hall–Kier alpha value is -2.86. The first-order chi connectivity index (χ1) is 14.4. The molecule has 6 heteroatoms. The zero-order valence-electron chi connectivity index (χ0n) is 17.9. The van der Waals surface area contributed by atoms with E-state index in [0.717, 1.165) is 29.7 Å². The molecule has 1 heterocycles. The fraction of sp³-hybridized carbons (Fsp3) is 0.417. The largest absolute Gasteiger partial charge is 0.465 e. The number of carboxylic acid groups (broad SMARTS) is 1. The number of aryl methyl sites for hydroxylation is 3. The maximum absolute atomic E-state index is 13.6. The van der Waals surface area contributed by atoms with Crippen LogP contribution in [-0.4, -0.2) is 47.7 Å². The Morgan fingerprint density at radius 2 is 1.77 bits per heavy atom. The molecule has 3 rings (SSSR count). The molecule has 0 radical (unpaired) electrons. The third-order valence-corrected chi connectivity index (χ3v) is 6.38. The lowest BCUT2D eigenvalue weighted by atomic mass is 9.74. The maximum atomic E-state index is 13.6. The minimum atomic E-state index is -0.931. The van der Waals surface area contributed by atoms with Gasteiger partial charge in [0.05, 0.1) is 0 Å². The Labute approximate surface area is 178 Å². The van der Waals surface area contributed by atoms with Crippen LogP contribution in [0.25, 0.3) is 0 Å². The molecule has 1 saturated heterocycles. The summed E-state index contributed by atoms with van der Waals surface area (Å²) in [6, 6.07) is 16.0. The number of hydrogen-bond donors (Lipinski definition) is 3. The number of nitrogens with one attached hydrogen (secondary N) is 2. The zero-order valence-corrected chi connectivity index (χ0v) is 17.9. The minimum Gasteiger partial charge on any atom is -0.465 e. The van der Waals surface area contributed by atoms with Gasteiger partial charge in [-0.15, -0.1) is 0 Å². The van der Waals surface area contributed by atoms with Crippen LogP contribution in [0.4, 0.5) is 10.5 Å². The molecular formula is C24H31N3O3. The molecule has 1 aliphatic rings. The van der Waals surface area contributed by atoms with Gasteiger partial charge in [-0.1, -0.05) is 48.5 Å². The monoisotopic (exact) mass is 409 g/mol. The van der Waals surface area contributed by atoms with E-state index < -0.39 is 11.6 Å². The summed E-state index contributed by atoms with van der Waals surface area (Å²) >= 11 is 0. The second kappa shape index (κ2) is 9.30. The standard InChI is InChI=1S/C24H31N3O3/c1-17-8-7-9-18(2)21(17)26-22(28)24(25-3)14-15-27(23(29)30)16-20(24)13-12-19-10-5-4-6-11-19/h4-11,20,25H,12-16H2,1-3H3,(H,26,28)(H,29,30). The van der Waals surface area contributed by atoms with Crippen molar-refractivity contribution in [2.45, 2.75) is 38.6 Å². The molecule has 0 bridgehead atoms. The van der Waals surface area contributed by atoms with Crippen LogP contribution in [-0.2, 0) is 11.2 Å². The van der Waals surface area contributed by atoms with Crippen LogP contribution in [0.5, 0.6) is 0 Å². The van der Waals surface area contributed by atoms with Crippen molar-refractivity contribution in [2.75, 3.05) is 25.5 Å². The molecule has 0 spiro atoms. The highest BCUT2D eigenvalue weighted by Crippen LogP contribution is 2.34. The van der Waals surface area contributed by atoms with Gasteiger partial charge in [0.15, 0.2) is 0 Å². The molecule has 2 atom stereocenters. The van der Waals surface area contributed by atoms with E-state index in [9.17, 15) is 14.7 Å². The van der Waals surface area contributed by atoms with Gasteiger partial charge >= 0.3 is 6.09 Å². The second-order valence-electron chi connectivity index (χ2n) is 8.14. The van der Waals surface area contributed by atoms with Crippen LogP contribution in [0.1, 0.15) is 29.5 Å². The first kappa shape index (κ1) is 21.8. The van der Waals surface area contributed by atoms with E-state index in [2.05, 4.69) is 22.8 Å². The average Bonchev–Trinajstić information content (AvgIpc) is 2.75. The van der Waals surface area contributed by atoms with Crippen molar-refractivity contribution in [3.8, 4) is 0 Å². The van der Waals surface area contributed by atoms with Crippen LogP contribution in [0.3, 0.4) is 0 Å². The van der Waals surface area contributed by atoms with Crippen molar-refractivity contribution in [2.24, 2.45) is 5.92 Å². The molecule has 1 aliphatic heterocycles. The van der Waals surface area contributed by atoms with Crippen molar-refractivity contribution < 1.29 is 14.7 Å². The third-order valence-electron chi connectivity index (χ3n) is 6.38. The first-order valence-corrected chi connectivity index (χ1v) is 10.5. The molecule has 0 aliphatic carbocycles. The predicted octanol–water partition coefficient (Wildman–Crippen LogP) is 3.83. The van der Waals surface area contributed by atoms with Crippen LogP contribution in [0.15, 0.2) is 48.5 Å². The lowest BCUT2D eigenvalue weighted by molar-refractivity contribution is -0.127. The number of benzene rings is 2. The van der Waals surface area contributed by atoms with Crippen LogP contribution < -0.4 is 10.6 Å². The van der Waals surface area contributed by atoms with Crippen LogP contribution in [0.2, 0.25) is 0 Å². The molecule has 6 nitrogen and oxygen atoms in total. The van der Waals surface area contributed by atoms with Crippen LogP contribution >= 0.6 is 0 Å². The Kier molecular flexibility index (Phi) is 6.77. The summed E-state index contributed by atoms with van der Waals surface area (Å²) in [6.07, 6.45) is 1.01. The molecule has 2 aromatic rings. The van der Waals surface area contributed by atoms with Gasteiger partial charge in [0.2, 0.25) is 5.91 Å². The molecular weight excluding hydrogens is 378 g/mol. The number of amides is 2. The fourth-order valence-electron chi connectivity index (χ4n) is 4.50. The smallest absolute Gasteiger partial charge is 0.407 e. The normalized spacial score (nSPS) is 21.3. The SMILES string of the molecule is CNC1(C(=O)Nc2c(C)cccc2C)CCN(C(=O)O)CC1CCc1ccccc1. The quantitative estimate of drug-likeness (QED) is 0.677. The Bertz CT molecular complexity index is 880. The number of hydrogen-bond acceptors (Lipinski definition) is 3. The summed E-state index contributed by atoms with van der Waals surface area (Å²) in [5.41, 5.74) is 3.22. The number of carbonyl (C=O) groups excluding carboxylic acids is 1. The summed E-state index contributed by atoms with van der Waals surface area (Å²) in [5, 5.41) is 16.0. The van der Waals surface area contributed by atoms with Crippen molar-refractivity contribution in [3.63, 3.8) is 0 Å².